The molecular formula is C13H12F2N2O3. The smallest absolute Gasteiger partial charge is 0.255 e. The number of benzene rings is 1. The van der Waals surface area contributed by atoms with Gasteiger partial charge in [0.2, 0.25) is 11.8 Å². The van der Waals surface area contributed by atoms with Gasteiger partial charge in [-0.3, -0.25) is 19.7 Å². The third-order valence-corrected chi connectivity index (χ3v) is 3.04. The van der Waals surface area contributed by atoms with Crippen LogP contribution in [0.25, 0.3) is 0 Å². The van der Waals surface area contributed by atoms with Crippen LogP contribution in [-0.2, 0) is 9.59 Å². The lowest BCUT2D eigenvalue weighted by atomic mass is 10.0. The molecule has 1 aromatic carbocycles. The van der Waals surface area contributed by atoms with Crippen LogP contribution < -0.4 is 10.6 Å². The summed E-state index contributed by atoms with van der Waals surface area (Å²) in [4.78, 5) is 34.3. The summed E-state index contributed by atoms with van der Waals surface area (Å²) in [6, 6.07) is 0.768. The minimum Gasteiger partial charge on any atom is -0.340 e. The number of piperidine rings is 1. The maximum atomic E-state index is 13.6. The van der Waals surface area contributed by atoms with E-state index in [1.807, 2.05) is 0 Å². The van der Waals surface area contributed by atoms with Crippen LogP contribution in [0, 0.1) is 18.6 Å². The van der Waals surface area contributed by atoms with Crippen molar-refractivity contribution in [3.8, 4) is 0 Å². The third-order valence-electron chi connectivity index (χ3n) is 3.04. The molecule has 0 spiro atoms. The Morgan fingerprint density at radius 2 is 2.00 bits per heavy atom. The van der Waals surface area contributed by atoms with E-state index < -0.39 is 41.0 Å². The van der Waals surface area contributed by atoms with E-state index in [9.17, 15) is 23.2 Å². The van der Waals surface area contributed by atoms with Gasteiger partial charge in [0, 0.05) is 6.42 Å². The van der Waals surface area contributed by atoms with E-state index in [1.165, 1.54) is 6.92 Å². The summed E-state index contributed by atoms with van der Waals surface area (Å²) in [5, 5.41) is 4.34. The fourth-order valence-electron chi connectivity index (χ4n) is 1.89. The van der Waals surface area contributed by atoms with Gasteiger partial charge in [0.1, 0.15) is 17.7 Å². The highest BCUT2D eigenvalue weighted by Gasteiger charge is 2.28. The van der Waals surface area contributed by atoms with Gasteiger partial charge in [-0.15, -0.1) is 0 Å². The third kappa shape index (κ3) is 2.81. The first-order chi connectivity index (χ1) is 9.38. The fraction of sp³-hybridized carbons (Fsp3) is 0.308. The van der Waals surface area contributed by atoms with Crippen molar-refractivity contribution in [2.75, 3.05) is 0 Å². The van der Waals surface area contributed by atoms with E-state index in [2.05, 4.69) is 10.6 Å². The Morgan fingerprint density at radius 1 is 1.30 bits per heavy atom. The average Bonchev–Trinajstić information content (AvgIpc) is 2.37. The van der Waals surface area contributed by atoms with Gasteiger partial charge in [0.25, 0.3) is 5.91 Å². The molecule has 1 aliphatic rings. The maximum Gasteiger partial charge on any atom is 0.255 e. The standard InChI is InChI=1S/C13H12F2N2O3/c1-6-4-9(15)7(5-8(6)14)12(19)16-10-2-3-11(18)17-13(10)20/h4-5,10H,2-3H2,1H3,(H,16,19)(H,17,18,20). The Balaban J connectivity index is 2.14. The quantitative estimate of drug-likeness (QED) is 0.788. The lowest BCUT2D eigenvalue weighted by molar-refractivity contribution is -0.134. The minimum atomic E-state index is -0.927. The zero-order valence-electron chi connectivity index (χ0n) is 10.6. The van der Waals surface area contributed by atoms with Gasteiger partial charge in [0.05, 0.1) is 5.56 Å². The molecule has 5 nitrogen and oxygen atoms in total. The zero-order chi connectivity index (χ0) is 14.9. The Morgan fingerprint density at radius 3 is 2.65 bits per heavy atom. The first kappa shape index (κ1) is 14.1. The lowest BCUT2D eigenvalue weighted by Crippen LogP contribution is -2.52. The fourth-order valence-corrected chi connectivity index (χ4v) is 1.89. The molecule has 1 aromatic rings. The van der Waals surface area contributed by atoms with E-state index in [0.29, 0.717) is 0 Å². The highest BCUT2D eigenvalue weighted by molar-refractivity contribution is 6.03. The van der Waals surface area contributed by atoms with Crippen LogP contribution in [0.15, 0.2) is 12.1 Å². The number of amides is 3. The van der Waals surface area contributed by atoms with Crippen molar-refractivity contribution in [2.45, 2.75) is 25.8 Å². The van der Waals surface area contributed by atoms with Crippen LogP contribution in [0.3, 0.4) is 0 Å². The van der Waals surface area contributed by atoms with Crippen LogP contribution in [0.2, 0.25) is 0 Å². The van der Waals surface area contributed by atoms with E-state index in [-0.39, 0.29) is 18.4 Å². The summed E-state index contributed by atoms with van der Waals surface area (Å²) in [5.74, 6) is -3.54. The monoisotopic (exact) mass is 282 g/mol. The second-order valence-electron chi connectivity index (χ2n) is 4.56. The lowest BCUT2D eigenvalue weighted by Gasteiger charge is -2.21. The molecule has 106 valence electrons. The number of rotatable bonds is 2. The number of hydrogen-bond acceptors (Lipinski definition) is 3. The van der Waals surface area contributed by atoms with Crippen LogP contribution >= 0.6 is 0 Å². The molecule has 3 amide bonds. The molecule has 1 atom stereocenters. The van der Waals surface area contributed by atoms with Crippen molar-refractivity contribution >= 4 is 17.7 Å². The molecule has 0 radical (unpaired) electrons. The van der Waals surface area contributed by atoms with Gasteiger partial charge in [0.15, 0.2) is 0 Å². The Kier molecular flexibility index (Phi) is 3.78. The number of carbonyl (C=O) groups is 3. The van der Waals surface area contributed by atoms with E-state index in [4.69, 9.17) is 0 Å². The highest BCUT2D eigenvalue weighted by Crippen LogP contribution is 2.15. The number of carbonyl (C=O) groups excluding carboxylic acids is 3. The first-order valence-corrected chi connectivity index (χ1v) is 5.98. The zero-order valence-corrected chi connectivity index (χ0v) is 10.6. The number of aryl methyl sites for hydroxylation is 1. The van der Waals surface area contributed by atoms with Crippen molar-refractivity contribution in [3.63, 3.8) is 0 Å². The van der Waals surface area contributed by atoms with Gasteiger partial charge in [-0.05, 0) is 31.0 Å². The van der Waals surface area contributed by atoms with E-state index in [0.717, 1.165) is 12.1 Å². The van der Waals surface area contributed by atoms with E-state index in [1.54, 1.807) is 0 Å². The molecule has 0 bridgehead atoms. The van der Waals surface area contributed by atoms with Gasteiger partial charge in [-0.1, -0.05) is 0 Å². The van der Waals surface area contributed by atoms with Crippen LogP contribution in [-0.4, -0.2) is 23.8 Å². The molecule has 0 aliphatic carbocycles. The number of hydrogen-bond donors (Lipinski definition) is 2. The topological polar surface area (TPSA) is 75.3 Å². The van der Waals surface area contributed by atoms with Crippen LogP contribution in [0.1, 0.15) is 28.8 Å². The highest BCUT2D eigenvalue weighted by atomic mass is 19.1. The Bertz CT molecular complexity index is 602. The second kappa shape index (κ2) is 5.36. The molecule has 1 fully saturated rings. The van der Waals surface area contributed by atoms with Gasteiger partial charge >= 0.3 is 0 Å². The number of halogens is 2. The molecule has 0 saturated carbocycles. The number of nitrogens with one attached hydrogen (secondary N) is 2. The average molecular weight is 282 g/mol. The van der Waals surface area contributed by atoms with E-state index >= 15 is 0 Å². The molecule has 2 N–H and O–H groups in total. The SMILES string of the molecule is Cc1cc(F)c(C(=O)NC2CCC(=O)NC2=O)cc1F. The summed E-state index contributed by atoms with van der Waals surface area (Å²) in [6.07, 6.45) is 0.216. The Hall–Kier alpha value is -2.31. The Labute approximate surface area is 113 Å². The summed E-state index contributed by atoms with van der Waals surface area (Å²) in [6.45, 7) is 1.38. The molecule has 1 heterocycles. The molecule has 2 rings (SSSR count). The minimum absolute atomic E-state index is 0.0834. The van der Waals surface area contributed by atoms with Crippen LogP contribution in [0.5, 0.6) is 0 Å². The summed E-state index contributed by atoms with van der Waals surface area (Å²) >= 11 is 0. The molecule has 1 saturated heterocycles. The molecule has 7 heteroatoms. The molecule has 1 aliphatic heterocycles. The first-order valence-electron chi connectivity index (χ1n) is 5.98. The maximum absolute atomic E-state index is 13.6. The molecular weight excluding hydrogens is 270 g/mol. The normalized spacial score (nSPS) is 18.6. The largest absolute Gasteiger partial charge is 0.340 e. The summed E-state index contributed by atoms with van der Waals surface area (Å²) in [7, 11) is 0. The van der Waals surface area contributed by atoms with Crippen molar-refractivity contribution in [1.82, 2.24) is 10.6 Å². The van der Waals surface area contributed by atoms with Crippen molar-refractivity contribution in [1.29, 1.82) is 0 Å². The predicted octanol–water partition coefficient (Wildman–Crippen LogP) is 0.808. The van der Waals surface area contributed by atoms with Gasteiger partial charge in [-0.2, -0.15) is 0 Å². The molecule has 20 heavy (non-hydrogen) atoms. The molecule has 0 aromatic heterocycles. The van der Waals surface area contributed by atoms with Gasteiger partial charge < -0.3 is 5.32 Å². The van der Waals surface area contributed by atoms with Crippen molar-refractivity contribution in [3.05, 3.63) is 34.9 Å². The summed E-state index contributed by atoms with van der Waals surface area (Å²) < 4.78 is 27.0. The van der Waals surface area contributed by atoms with Crippen LogP contribution in [0.4, 0.5) is 8.78 Å². The van der Waals surface area contributed by atoms with Gasteiger partial charge in [-0.25, -0.2) is 8.78 Å². The summed E-state index contributed by atoms with van der Waals surface area (Å²) in [5.41, 5.74) is -0.391. The van der Waals surface area contributed by atoms with Crippen molar-refractivity contribution in [2.24, 2.45) is 0 Å². The van der Waals surface area contributed by atoms with Crippen molar-refractivity contribution < 1.29 is 23.2 Å². The number of imide groups is 1. The molecule has 1 unspecified atom stereocenters. The predicted molar refractivity (Wildman–Crippen MR) is 64.7 cm³/mol. The second-order valence-corrected chi connectivity index (χ2v) is 4.56.